The molecule has 118 valence electrons. The van der Waals surface area contributed by atoms with Crippen LogP contribution in [0.4, 0.5) is 0 Å². The zero-order chi connectivity index (χ0) is 16.2. The monoisotopic (exact) mass is 333 g/mol. The first-order chi connectivity index (χ1) is 9.68. The quantitative estimate of drug-likeness (QED) is 0.812. The van der Waals surface area contributed by atoms with E-state index in [-0.39, 0.29) is 10.8 Å². The Morgan fingerprint density at radius 2 is 1.95 bits per heavy atom. The lowest BCUT2D eigenvalue weighted by Gasteiger charge is -2.18. The summed E-state index contributed by atoms with van der Waals surface area (Å²) < 4.78 is 28.5. The maximum atomic E-state index is 11.8. The molecule has 21 heavy (non-hydrogen) atoms. The number of carbonyl (C=O) groups excluding carboxylic acids is 1. The van der Waals surface area contributed by atoms with Gasteiger partial charge in [0.1, 0.15) is 5.75 Å². The van der Waals surface area contributed by atoms with Crippen molar-refractivity contribution in [2.75, 3.05) is 6.54 Å². The predicted octanol–water partition coefficient (Wildman–Crippen LogP) is 2.52. The molecule has 1 unspecified atom stereocenters. The highest BCUT2D eigenvalue weighted by Gasteiger charge is 2.20. The van der Waals surface area contributed by atoms with Gasteiger partial charge in [0.2, 0.25) is 0 Å². The number of ether oxygens (including phenoxy) is 1. The third-order valence-corrected chi connectivity index (χ3v) is 4.64. The summed E-state index contributed by atoms with van der Waals surface area (Å²) in [6, 6.07) is 2.90. The standard InChI is InChI=1S/C14H20ClNO4S/c1-5-8-16-14(17)11(4)20-12-6-7-13(21(15,18)19)10(3)9(12)2/h6-7,11H,5,8H2,1-4H3,(H,16,17). The van der Waals surface area contributed by atoms with Crippen LogP contribution in [0.15, 0.2) is 17.0 Å². The van der Waals surface area contributed by atoms with Gasteiger partial charge in [-0.05, 0) is 50.5 Å². The highest BCUT2D eigenvalue weighted by atomic mass is 35.7. The largest absolute Gasteiger partial charge is 0.481 e. The Bertz CT molecular complexity index is 628. The van der Waals surface area contributed by atoms with Gasteiger partial charge < -0.3 is 10.1 Å². The Morgan fingerprint density at radius 3 is 2.48 bits per heavy atom. The molecule has 1 N–H and O–H groups in total. The zero-order valence-electron chi connectivity index (χ0n) is 12.6. The molecule has 0 spiro atoms. The molecule has 0 saturated heterocycles. The van der Waals surface area contributed by atoms with E-state index in [2.05, 4.69) is 5.32 Å². The van der Waals surface area contributed by atoms with Gasteiger partial charge in [0.05, 0.1) is 4.90 Å². The minimum atomic E-state index is -3.79. The molecule has 0 aromatic heterocycles. The van der Waals surface area contributed by atoms with Gasteiger partial charge in [-0.25, -0.2) is 8.42 Å². The average Bonchev–Trinajstić information content (AvgIpc) is 2.39. The van der Waals surface area contributed by atoms with Gasteiger partial charge >= 0.3 is 0 Å². The van der Waals surface area contributed by atoms with E-state index in [9.17, 15) is 13.2 Å². The highest BCUT2D eigenvalue weighted by molar-refractivity contribution is 8.13. The summed E-state index contributed by atoms with van der Waals surface area (Å²) in [6.45, 7) is 7.58. The molecule has 0 aliphatic heterocycles. The van der Waals surface area contributed by atoms with E-state index in [0.717, 1.165) is 6.42 Å². The van der Waals surface area contributed by atoms with Crippen LogP contribution in [0.3, 0.4) is 0 Å². The number of hydrogen-bond donors (Lipinski definition) is 1. The van der Waals surface area contributed by atoms with Crippen LogP contribution in [0.25, 0.3) is 0 Å². The highest BCUT2D eigenvalue weighted by Crippen LogP contribution is 2.29. The molecule has 5 nitrogen and oxygen atoms in total. The normalized spacial score (nSPS) is 12.8. The van der Waals surface area contributed by atoms with Gasteiger partial charge in [0.15, 0.2) is 6.10 Å². The van der Waals surface area contributed by atoms with Crippen molar-refractivity contribution in [2.24, 2.45) is 0 Å². The van der Waals surface area contributed by atoms with Crippen LogP contribution in [0, 0.1) is 13.8 Å². The van der Waals surface area contributed by atoms with Crippen LogP contribution in [0.2, 0.25) is 0 Å². The van der Waals surface area contributed by atoms with Crippen molar-refractivity contribution in [3.63, 3.8) is 0 Å². The predicted molar refractivity (Wildman–Crippen MR) is 82.3 cm³/mol. The fourth-order valence-corrected chi connectivity index (χ4v) is 3.05. The minimum absolute atomic E-state index is 0.0529. The summed E-state index contributed by atoms with van der Waals surface area (Å²) in [6.07, 6.45) is 0.187. The molecule has 1 amide bonds. The van der Waals surface area contributed by atoms with Crippen molar-refractivity contribution in [1.29, 1.82) is 0 Å². The topological polar surface area (TPSA) is 72.5 Å². The maximum absolute atomic E-state index is 11.8. The van der Waals surface area contributed by atoms with E-state index in [0.29, 0.717) is 23.4 Å². The zero-order valence-corrected chi connectivity index (χ0v) is 14.1. The van der Waals surface area contributed by atoms with Gasteiger partial charge in [-0.1, -0.05) is 6.92 Å². The molecule has 0 radical (unpaired) electrons. The van der Waals surface area contributed by atoms with E-state index in [1.165, 1.54) is 12.1 Å². The Labute approximate surface area is 130 Å². The first kappa shape index (κ1) is 17.8. The maximum Gasteiger partial charge on any atom is 0.261 e. The molecule has 0 aliphatic carbocycles. The van der Waals surface area contributed by atoms with E-state index >= 15 is 0 Å². The van der Waals surface area contributed by atoms with Gasteiger partial charge in [-0.3, -0.25) is 4.79 Å². The first-order valence-electron chi connectivity index (χ1n) is 6.67. The number of carbonyl (C=O) groups is 1. The summed E-state index contributed by atoms with van der Waals surface area (Å²) in [7, 11) is 1.58. The summed E-state index contributed by atoms with van der Waals surface area (Å²) in [4.78, 5) is 11.8. The Kier molecular flexibility index (Phi) is 6.04. The van der Waals surface area contributed by atoms with Crippen molar-refractivity contribution < 1.29 is 17.9 Å². The van der Waals surface area contributed by atoms with Crippen molar-refractivity contribution in [3.8, 4) is 5.75 Å². The molecule has 0 aliphatic rings. The smallest absolute Gasteiger partial charge is 0.261 e. The Morgan fingerprint density at radius 1 is 1.33 bits per heavy atom. The van der Waals surface area contributed by atoms with Gasteiger partial charge in [0.25, 0.3) is 15.0 Å². The van der Waals surface area contributed by atoms with Crippen LogP contribution < -0.4 is 10.1 Å². The number of halogens is 1. The number of amides is 1. The molecule has 1 rings (SSSR count). The summed E-state index contributed by atoms with van der Waals surface area (Å²) >= 11 is 0. The second-order valence-electron chi connectivity index (χ2n) is 4.80. The fourth-order valence-electron chi connectivity index (χ4n) is 1.80. The SMILES string of the molecule is CCCNC(=O)C(C)Oc1ccc(S(=O)(=O)Cl)c(C)c1C. The Hall–Kier alpha value is -1.27. The van der Waals surface area contributed by atoms with Crippen LogP contribution in [0.5, 0.6) is 5.75 Å². The second-order valence-corrected chi connectivity index (χ2v) is 7.34. The van der Waals surface area contributed by atoms with E-state index in [1.807, 2.05) is 6.92 Å². The lowest BCUT2D eigenvalue weighted by atomic mass is 10.1. The average molecular weight is 334 g/mol. The molecule has 0 saturated carbocycles. The lowest BCUT2D eigenvalue weighted by molar-refractivity contribution is -0.127. The number of rotatable bonds is 6. The molecule has 1 aromatic rings. The third kappa shape index (κ3) is 4.61. The molecular weight excluding hydrogens is 314 g/mol. The number of benzene rings is 1. The summed E-state index contributed by atoms with van der Waals surface area (Å²) in [5, 5.41) is 2.74. The molecule has 1 aromatic carbocycles. The number of hydrogen-bond acceptors (Lipinski definition) is 4. The molecular formula is C14H20ClNO4S. The van der Waals surface area contributed by atoms with Crippen LogP contribution in [0.1, 0.15) is 31.4 Å². The van der Waals surface area contributed by atoms with Crippen molar-refractivity contribution in [2.45, 2.75) is 45.1 Å². The number of nitrogens with one attached hydrogen (secondary N) is 1. The van der Waals surface area contributed by atoms with Crippen molar-refractivity contribution in [1.82, 2.24) is 5.32 Å². The lowest BCUT2D eigenvalue weighted by Crippen LogP contribution is -2.36. The molecule has 0 fully saturated rings. The third-order valence-electron chi connectivity index (χ3n) is 3.17. The molecule has 0 heterocycles. The Balaban J connectivity index is 2.96. The van der Waals surface area contributed by atoms with Crippen LogP contribution >= 0.6 is 10.7 Å². The van der Waals surface area contributed by atoms with Gasteiger partial charge in [-0.15, -0.1) is 0 Å². The molecule has 7 heteroatoms. The fraction of sp³-hybridized carbons (Fsp3) is 0.500. The minimum Gasteiger partial charge on any atom is -0.481 e. The molecule has 1 atom stereocenters. The van der Waals surface area contributed by atoms with Gasteiger partial charge in [0, 0.05) is 17.2 Å². The van der Waals surface area contributed by atoms with E-state index in [4.69, 9.17) is 15.4 Å². The van der Waals surface area contributed by atoms with Crippen molar-refractivity contribution in [3.05, 3.63) is 23.3 Å². The summed E-state index contributed by atoms with van der Waals surface area (Å²) in [5.41, 5.74) is 1.16. The summed E-state index contributed by atoms with van der Waals surface area (Å²) in [5.74, 6) is 0.263. The second kappa shape index (κ2) is 7.13. The van der Waals surface area contributed by atoms with Gasteiger partial charge in [-0.2, -0.15) is 0 Å². The van der Waals surface area contributed by atoms with E-state index < -0.39 is 15.2 Å². The van der Waals surface area contributed by atoms with Crippen LogP contribution in [-0.2, 0) is 13.8 Å². The van der Waals surface area contributed by atoms with E-state index in [1.54, 1.807) is 20.8 Å². The van der Waals surface area contributed by atoms with Crippen molar-refractivity contribution >= 4 is 25.6 Å². The molecule has 0 bridgehead atoms. The van der Waals surface area contributed by atoms with Crippen LogP contribution in [-0.4, -0.2) is 27.0 Å². The first-order valence-corrected chi connectivity index (χ1v) is 8.98.